The highest BCUT2D eigenvalue weighted by molar-refractivity contribution is 8.00. The third kappa shape index (κ3) is 5.45. The first-order valence-corrected chi connectivity index (χ1v) is 10.0. The highest BCUT2D eigenvalue weighted by atomic mass is 32.2. The number of carbonyl (C=O) groups excluding carboxylic acids is 4. The highest BCUT2D eigenvalue weighted by Crippen LogP contribution is 2.34. The van der Waals surface area contributed by atoms with E-state index in [4.69, 9.17) is 4.74 Å². The highest BCUT2D eigenvalue weighted by Gasteiger charge is 2.25. The fourth-order valence-corrected chi connectivity index (χ4v) is 3.77. The van der Waals surface area contributed by atoms with Crippen molar-refractivity contribution in [1.82, 2.24) is 0 Å². The molecule has 1 aliphatic heterocycles. The van der Waals surface area contributed by atoms with Crippen LogP contribution in [0.3, 0.4) is 0 Å². The van der Waals surface area contributed by atoms with Crippen LogP contribution in [0.4, 0.5) is 11.4 Å². The number of anilines is 2. The van der Waals surface area contributed by atoms with E-state index in [9.17, 15) is 19.2 Å². The van der Waals surface area contributed by atoms with Crippen molar-refractivity contribution in [1.29, 1.82) is 0 Å². The Morgan fingerprint density at radius 1 is 1.14 bits per heavy atom. The second kappa shape index (κ2) is 9.38. The van der Waals surface area contributed by atoms with Gasteiger partial charge in [0.1, 0.15) is 0 Å². The van der Waals surface area contributed by atoms with Crippen LogP contribution in [0.25, 0.3) is 0 Å². The Hall–Kier alpha value is -3.13. The molecule has 0 aromatic heterocycles. The zero-order valence-corrected chi connectivity index (χ0v) is 16.7. The number of ether oxygens (including phenoxy) is 1. The summed E-state index contributed by atoms with van der Waals surface area (Å²) in [4.78, 5) is 50.1. The number of hydrogen-bond acceptors (Lipinski definition) is 6. The fourth-order valence-electron chi connectivity index (χ4n) is 2.83. The first kappa shape index (κ1) is 20.6. The predicted octanol–water partition coefficient (Wildman–Crippen LogP) is 2.90. The molecule has 2 aromatic carbocycles. The Morgan fingerprint density at radius 3 is 2.72 bits per heavy atom. The number of ketones is 1. The second-order valence-corrected chi connectivity index (χ2v) is 7.41. The molecular weight excluding hydrogens is 392 g/mol. The number of Topliss-reactive ketones (excluding diaryl/α,β-unsaturated/α-hetero) is 1. The van der Waals surface area contributed by atoms with Crippen LogP contribution in [0, 0.1) is 0 Å². The topological polar surface area (TPSA) is 92.8 Å². The van der Waals surface area contributed by atoms with Crippen LogP contribution in [0.1, 0.15) is 23.7 Å². The number of fused-ring (bicyclic) bond motifs is 1. The zero-order chi connectivity index (χ0) is 20.8. The molecule has 1 aliphatic rings. The monoisotopic (exact) mass is 412 g/mol. The molecule has 1 N–H and O–H groups in total. The van der Waals surface area contributed by atoms with Gasteiger partial charge in [-0.3, -0.25) is 19.2 Å². The summed E-state index contributed by atoms with van der Waals surface area (Å²) in [5, 5.41) is 2.58. The minimum Gasteiger partial charge on any atom is -0.456 e. The van der Waals surface area contributed by atoms with Crippen molar-refractivity contribution >= 4 is 46.7 Å². The molecule has 0 atom stereocenters. The van der Waals surface area contributed by atoms with Gasteiger partial charge in [0.15, 0.2) is 12.4 Å². The number of nitrogens with zero attached hydrogens (tertiary/aromatic N) is 1. The van der Waals surface area contributed by atoms with Gasteiger partial charge in [0.05, 0.1) is 17.9 Å². The summed E-state index contributed by atoms with van der Waals surface area (Å²) in [6, 6.07) is 14.0. The molecule has 7 nitrogen and oxygen atoms in total. The summed E-state index contributed by atoms with van der Waals surface area (Å²) >= 11 is 1.47. The predicted molar refractivity (Wildman–Crippen MR) is 110 cm³/mol. The van der Waals surface area contributed by atoms with Crippen molar-refractivity contribution in [3.63, 3.8) is 0 Å². The number of amides is 2. The van der Waals surface area contributed by atoms with Crippen LogP contribution in [-0.4, -0.2) is 42.5 Å². The molecule has 0 saturated heterocycles. The van der Waals surface area contributed by atoms with Gasteiger partial charge in [0, 0.05) is 22.7 Å². The lowest BCUT2D eigenvalue weighted by molar-refractivity contribution is -0.147. The lowest BCUT2D eigenvalue weighted by atomic mass is 10.1. The summed E-state index contributed by atoms with van der Waals surface area (Å²) in [5.74, 6) is -0.923. The molecule has 1 heterocycles. The minimum atomic E-state index is -0.568. The SMILES string of the molecule is CC(=O)c1cccc(NC(=O)COC(=O)CCN2C(=O)CSc3ccccc32)c1. The van der Waals surface area contributed by atoms with Crippen molar-refractivity contribution in [2.75, 3.05) is 29.1 Å². The van der Waals surface area contributed by atoms with Gasteiger partial charge in [0.2, 0.25) is 5.91 Å². The number of carbonyl (C=O) groups is 4. The minimum absolute atomic E-state index is 0.0160. The normalized spacial score (nSPS) is 12.9. The van der Waals surface area contributed by atoms with Crippen LogP contribution in [0.15, 0.2) is 53.4 Å². The van der Waals surface area contributed by atoms with Crippen LogP contribution in [-0.2, 0) is 19.1 Å². The smallest absolute Gasteiger partial charge is 0.308 e. The van der Waals surface area contributed by atoms with Gasteiger partial charge in [-0.25, -0.2) is 0 Å². The lowest BCUT2D eigenvalue weighted by Crippen LogP contribution is -2.37. The van der Waals surface area contributed by atoms with E-state index >= 15 is 0 Å². The van der Waals surface area contributed by atoms with Gasteiger partial charge in [0.25, 0.3) is 5.91 Å². The Balaban J connectivity index is 1.48. The number of hydrogen-bond donors (Lipinski definition) is 1. The van der Waals surface area contributed by atoms with E-state index in [1.54, 1.807) is 29.2 Å². The van der Waals surface area contributed by atoms with Crippen molar-refractivity contribution in [3.05, 3.63) is 54.1 Å². The molecule has 29 heavy (non-hydrogen) atoms. The van der Waals surface area contributed by atoms with Gasteiger partial charge in [-0.05, 0) is 31.2 Å². The van der Waals surface area contributed by atoms with Crippen LogP contribution < -0.4 is 10.2 Å². The summed E-state index contributed by atoms with van der Waals surface area (Å²) in [5.41, 5.74) is 1.71. The number of esters is 1. The van der Waals surface area contributed by atoms with E-state index < -0.39 is 18.5 Å². The first-order valence-electron chi connectivity index (χ1n) is 9.02. The third-order valence-electron chi connectivity index (χ3n) is 4.26. The van der Waals surface area contributed by atoms with Crippen LogP contribution >= 0.6 is 11.8 Å². The Labute approximate surface area is 172 Å². The zero-order valence-electron chi connectivity index (χ0n) is 15.8. The molecule has 0 fully saturated rings. The van der Waals surface area contributed by atoms with E-state index in [0.29, 0.717) is 17.0 Å². The van der Waals surface area contributed by atoms with Crippen molar-refractivity contribution in [3.8, 4) is 0 Å². The van der Waals surface area contributed by atoms with E-state index in [0.717, 1.165) is 10.6 Å². The molecule has 2 amide bonds. The summed E-state index contributed by atoms with van der Waals surface area (Å²) < 4.78 is 5.01. The van der Waals surface area contributed by atoms with Crippen LogP contribution in [0.2, 0.25) is 0 Å². The maximum absolute atomic E-state index is 12.2. The van der Waals surface area contributed by atoms with E-state index in [2.05, 4.69) is 5.32 Å². The Morgan fingerprint density at radius 2 is 1.93 bits per heavy atom. The first-order chi connectivity index (χ1) is 13.9. The average molecular weight is 412 g/mol. The largest absolute Gasteiger partial charge is 0.456 e. The number of nitrogens with one attached hydrogen (secondary N) is 1. The number of rotatable bonds is 7. The van der Waals surface area contributed by atoms with Crippen molar-refractivity contribution in [2.24, 2.45) is 0 Å². The average Bonchev–Trinajstić information content (AvgIpc) is 2.71. The Kier molecular flexibility index (Phi) is 6.66. The third-order valence-corrected chi connectivity index (χ3v) is 5.31. The standard InChI is InChI=1S/C21H20N2O5S/c1-14(24)15-5-4-6-16(11-15)22-19(25)12-28-21(27)9-10-23-17-7-2-3-8-18(17)29-13-20(23)26/h2-8,11H,9-10,12-13H2,1H3,(H,22,25). The number of benzene rings is 2. The van der Waals surface area contributed by atoms with Crippen molar-refractivity contribution < 1.29 is 23.9 Å². The molecule has 0 bridgehead atoms. The maximum atomic E-state index is 12.2. The number of para-hydroxylation sites is 1. The molecule has 3 rings (SSSR count). The fraction of sp³-hybridized carbons (Fsp3) is 0.238. The second-order valence-electron chi connectivity index (χ2n) is 6.40. The van der Waals surface area contributed by atoms with E-state index in [1.165, 1.54) is 18.7 Å². The molecular formula is C21H20N2O5S. The van der Waals surface area contributed by atoms with Crippen LogP contribution in [0.5, 0.6) is 0 Å². The Bertz CT molecular complexity index is 960. The molecule has 0 unspecified atom stereocenters. The van der Waals surface area contributed by atoms with E-state index in [1.807, 2.05) is 24.3 Å². The molecule has 8 heteroatoms. The summed E-state index contributed by atoms with van der Waals surface area (Å²) in [7, 11) is 0. The summed E-state index contributed by atoms with van der Waals surface area (Å²) in [6.07, 6.45) is -0.0160. The van der Waals surface area contributed by atoms with Gasteiger partial charge in [-0.2, -0.15) is 0 Å². The molecule has 2 aromatic rings. The lowest BCUT2D eigenvalue weighted by Gasteiger charge is -2.28. The molecule has 0 aliphatic carbocycles. The molecule has 0 radical (unpaired) electrons. The molecule has 0 saturated carbocycles. The molecule has 150 valence electrons. The van der Waals surface area contributed by atoms with Gasteiger partial charge >= 0.3 is 5.97 Å². The quantitative estimate of drug-likeness (QED) is 0.555. The van der Waals surface area contributed by atoms with Gasteiger partial charge < -0.3 is 15.0 Å². The van der Waals surface area contributed by atoms with Gasteiger partial charge in [-0.1, -0.05) is 24.3 Å². The summed E-state index contributed by atoms with van der Waals surface area (Å²) in [6.45, 7) is 1.19. The number of thioether (sulfide) groups is 1. The van der Waals surface area contributed by atoms with E-state index in [-0.39, 0.29) is 24.7 Å². The van der Waals surface area contributed by atoms with Crippen molar-refractivity contribution in [2.45, 2.75) is 18.2 Å². The van der Waals surface area contributed by atoms with Gasteiger partial charge in [-0.15, -0.1) is 11.8 Å². The molecule has 0 spiro atoms. The maximum Gasteiger partial charge on any atom is 0.308 e.